The highest BCUT2D eigenvalue weighted by atomic mass is 16.2. The SMILES string of the molecule is CC(C)c1n[nH]c(CCNC(=O)c2ccc3c(c2)C(=O)NC3)n1. The van der Waals surface area contributed by atoms with Crippen molar-refractivity contribution >= 4 is 11.8 Å². The van der Waals surface area contributed by atoms with Crippen LogP contribution in [0.15, 0.2) is 18.2 Å². The number of aromatic nitrogens is 3. The van der Waals surface area contributed by atoms with E-state index in [0.717, 1.165) is 17.2 Å². The van der Waals surface area contributed by atoms with Crippen LogP contribution < -0.4 is 10.6 Å². The van der Waals surface area contributed by atoms with Gasteiger partial charge in [0.2, 0.25) is 0 Å². The van der Waals surface area contributed by atoms with Crippen LogP contribution in [0.25, 0.3) is 0 Å². The second-order valence-corrected chi connectivity index (χ2v) is 5.86. The van der Waals surface area contributed by atoms with Gasteiger partial charge in [0.15, 0.2) is 5.82 Å². The van der Waals surface area contributed by atoms with Gasteiger partial charge in [0.05, 0.1) is 0 Å². The van der Waals surface area contributed by atoms with Gasteiger partial charge in [0.1, 0.15) is 5.82 Å². The summed E-state index contributed by atoms with van der Waals surface area (Å²) in [6, 6.07) is 5.19. The van der Waals surface area contributed by atoms with Gasteiger partial charge in [0.25, 0.3) is 11.8 Å². The van der Waals surface area contributed by atoms with Crippen LogP contribution in [0.3, 0.4) is 0 Å². The molecule has 7 nitrogen and oxygen atoms in total. The third-order valence-corrected chi connectivity index (χ3v) is 3.77. The summed E-state index contributed by atoms with van der Waals surface area (Å²) in [7, 11) is 0. The second kappa shape index (κ2) is 6.20. The number of nitrogens with one attached hydrogen (secondary N) is 3. The summed E-state index contributed by atoms with van der Waals surface area (Å²) in [5.74, 6) is 1.47. The number of carbonyl (C=O) groups is 2. The van der Waals surface area contributed by atoms with Gasteiger partial charge in [-0.05, 0) is 17.7 Å². The summed E-state index contributed by atoms with van der Waals surface area (Å²) in [5.41, 5.74) is 1.99. The largest absolute Gasteiger partial charge is 0.352 e. The molecule has 0 fully saturated rings. The van der Waals surface area contributed by atoms with Crippen molar-refractivity contribution in [1.29, 1.82) is 0 Å². The van der Waals surface area contributed by atoms with Gasteiger partial charge in [-0.3, -0.25) is 14.7 Å². The Morgan fingerprint density at radius 1 is 1.39 bits per heavy atom. The molecule has 0 aliphatic carbocycles. The highest BCUT2D eigenvalue weighted by Gasteiger charge is 2.20. The Labute approximate surface area is 133 Å². The van der Waals surface area contributed by atoms with Crippen molar-refractivity contribution in [2.24, 2.45) is 0 Å². The zero-order valence-electron chi connectivity index (χ0n) is 13.1. The van der Waals surface area contributed by atoms with Crippen molar-refractivity contribution in [2.75, 3.05) is 6.54 Å². The minimum atomic E-state index is -0.198. The molecule has 2 heterocycles. The van der Waals surface area contributed by atoms with Crippen LogP contribution in [0, 0.1) is 0 Å². The molecule has 0 spiro atoms. The molecule has 0 unspecified atom stereocenters. The highest BCUT2D eigenvalue weighted by molar-refractivity contribution is 6.02. The number of hydrogen-bond donors (Lipinski definition) is 3. The fourth-order valence-electron chi connectivity index (χ4n) is 2.43. The van der Waals surface area contributed by atoms with E-state index in [4.69, 9.17) is 0 Å². The molecule has 0 saturated carbocycles. The van der Waals surface area contributed by atoms with E-state index in [0.29, 0.717) is 30.6 Å². The van der Waals surface area contributed by atoms with Crippen molar-refractivity contribution in [3.63, 3.8) is 0 Å². The Hall–Kier alpha value is -2.70. The predicted octanol–water partition coefficient (Wildman–Crippen LogP) is 1.14. The lowest BCUT2D eigenvalue weighted by Crippen LogP contribution is -2.26. The number of benzene rings is 1. The number of hydrogen-bond acceptors (Lipinski definition) is 4. The van der Waals surface area contributed by atoms with Gasteiger partial charge in [-0.15, -0.1) is 0 Å². The Morgan fingerprint density at radius 2 is 2.22 bits per heavy atom. The monoisotopic (exact) mass is 313 g/mol. The Kier molecular flexibility index (Phi) is 4.10. The fourth-order valence-corrected chi connectivity index (χ4v) is 2.43. The maximum absolute atomic E-state index is 12.2. The first kappa shape index (κ1) is 15.2. The Bertz CT molecular complexity index is 751. The second-order valence-electron chi connectivity index (χ2n) is 5.86. The Balaban J connectivity index is 1.57. The highest BCUT2D eigenvalue weighted by Crippen LogP contribution is 2.17. The fraction of sp³-hybridized carbons (Fsp3) is 0.375. The molecule has 1 aliphatic heterocycles. The van der Waals surface area contributed by atoms with Crippen LogP contribution in [0.2, 0.25) is 0 Å². The summed E-state index contributed by atoms with van der Waals surface area (Å²) >= 11 is 0. The van der Waals surface area contributed by atoms with Crippen molar-refractivity contribution < 1.29 is 9.59 Å². The van der Waals surface area contributed by atoms with Crippen LogP contribution in [0.1, 0.15) is 57.7 Å². The number of aromatic amines is 1. The molecular formula is C16H19N5O2. The van der Waals surface area contributed by atoms with E-state index < -0.39 is 0 Å². The summed E-state index contributed by atoms with van der Waals surface area (Å²) < 4.78 is 0. The molecular weight excluding hydrogens is 294 g/mol. The van der Waals surface area contributed by atoms with Gasteiger partial charge in [-0.2, -0.15) is 5.10 Å². The van der Waals surface area contributed by atoms with Gasteiger partial charge in [-0.25, -0.2) is 4.98 Å². The molecule has 0 atom stereocenters. The van der Waals surface area contributed by atoms with Crippen LogP contribution in [0.5, 0.6) is 0 Å². The lowest BCUT2D eigenvalue weighted by molar-refractivity contribution is 0.0953. The molecule has 3 rings (SSSR count). The summed E-state index contributed by atoms with van der Waals surface area (Å²) in [5, 5.41) is 12.6. The van der Waals surface area contributed by atoms with E-state index in [1.165, 1.54) is 0 Å². The number of fused-ring (bicyclic) bond motifs is 1. The number of amides is 2. The standard InChI is InChI=1S/C16H19N5O2/c1-9(2)14-19-13(20-21-14)5-6-17-15(22)10-3-4-11-8-18-16(23)12(11)7-10/h3-4,7,9H,5-6,8H2,1-2H3,(H,17,22)(H,18,23)(H,19,20,21). The van der Waals surface area contributed by atoms with E-state index in [1.807, 2.05) is 19.9 Å². The summed E-state index contributed by atoms with van der Waals surface area (Å²) in [6.07, 6.45) is 0.580. The first-order valence-corrected chi connectivity index (χ1v) is 7.65. The number of rotatable bonds is 5. The first-order chi connectivity index (χ1) is 11.0. The van der Waals surface area contributed by atoms with Crippen molar-refractivity contribution in [1.82, 2.24) is 25.8 Å². The molecule has 0 radical (unpaired) electrons. The third kappa shape index (κ3) is 3.23. The van der Waals surface area contributed by atoms with Gasteiger partial charge >= 0.3 is 0 Å². The van der Waals surface area contributed by atoms with E-state index in [1.54, 1.807) is 12.1 Å². The minimum absolute atomic E-state index is 0.127. The molecule has 3 N–H and O–H groups in total. The molecule has 2 aromatic rings. The van der Waals surface area contributed by atoms with Gasteiger partial charge < -0.3 is 10.6 Å². The predicted molar refractivity (Wildman–Crippen MR) is 84.1 cm³/mol. The topological polar surface area (TPSA) is 99.8 Å². The number of nitrogens with zero attached hydrogens (tertiary/aromatic N) is 2. The van der Waals surface area contributed by atoms with E-state index >= 15 is 0 Å². The summed E-state index contributed by atoms with van der Waals surface area (Å²) in [4.78, 5) is 28.2. The average Bonchev–Trinajstić information content (AvgIpc) is 3.14. The van der Waals surface area contributed by atoms with Gasteiger partial charge in [-0.1, -0.05) is 19.9 Å². The molecule has 23 heavy (non-hydrogen) atoms. The van der Waals surface area contributed by atoms with Crippen LogP contribution in [0.4, 0.5) is 0 Å². The normalized spacial score (nSPS) is 13.1. The van der Waals surface area contributed by atoms with Crippen molar-refractivity contribution in [3.05, 3.63) is 46.5 Å². The van der Waals surface area contributed by atoms with Crippen LogP contribution in [-0.2, 0) is 13.0 Å². The first-order valence-electron chi connectivity index (χ1n) is 7.65. The lowest BCUT2D eigenvalue weighted by atomic mass is 10.1. The van der Waals surface area contributed by atoms with E-state index in [2.05, 4.69) is 25.8 Å². The molecule has 0 saturated heterocycles. The molecule has 2 amide bonds. The Morgan fingerprint density at radius 3 is 2.96 bits per heavy atom. The lowest BCUT2D eigenvalue weighted by Gasteiger charge is -2.05. The van der Waals surface area contributed by atoms with E-state index in [9.17, 15) is 9.59 Å². The zero-order valence-corrected chi connectivity index (χ0v) is 13.1. The molecule has 1 aromatic heterocycles. The smallest absolute Gasteiger partial charge is 0.251 e. The molecule has 1 aliphatic rings. The maximum atomic E-state index is 12.2. The maximum Gasteiger partial charge on any atom is 0.251 e. The van der Waals surface area contributed by atoms with Crippen LogP contribution in [-0.4, -0.2) is 33.5 Å². The zero-order chi connectivity index (χ0) is 16.4. The minimum Gasteiger partial charge on any atom is -0.352 e. The van der Waals surface area contributed by atoms with Crippen LogP contribution >= 0.6 is 0 Å². The summed E-state index contributed by atoms with van der Waals surface area (Å²) in [6.45, 7) is 5.03. The van der Waals surface area contributed by atoms with Crippen molar-refractivity contribution in [2.45, 2.75) is 32.7 Å². The number of H-pyrrole nitrogens is 1. The third-order valence-electron chi connectivity index (χ3n) is 3.77. The molecule has 0 bridgehead atoms. The molecule has 120 valence electrons. The molecule has 1 aromatic carbocycles. The quantitative estimate of drug-likeness (QED) is 0.771. The molecule has 7 heteroatoms. The number of carbonyl (C=O) groups excluding carboxylic acids is 2. The van der Waals surface area contributed by atoms with Gasteiger partial charge in [0, 0.05) is 36.6 Å². The van der Waals surface area contributed by atoms with Crippen molar-refractivity contribution in [3.8, 4) is 0 Å². The average molecular weight is 313 g/mol. The van der Waals surface area contributed by atoms with E-state index in [-0.39, 0.29) is 17.7 Å².